The SMILES string of the molecule is c1cc(-c2noc([C@@H]3CCCCN3)n2)ccn1. The minimum absolute atomic E-state index is 0.215. The molecule has 3 rings (SSSR count). The van der Waals surface area contributed by atoms with Gasteiger partial charge in [-0.25, -0.2) is 0 Å². The van der Waals surface area contributed by atoms with Crippen molar-refractivity contribution in [3.63, 3.8) is 0 Å². The van der Waals surface area contributed by atoms with Crippen LogP contribution in [0.4, 0.5) is 0 Å². The van der Waals surface area contributed by atoms with E-state index in [9.17, 15) is 0 Å². The molecule has 0 spiro atoms. The molecule has 5 heteroatoms. The second-order valence-electron chi connectivity index (χ2n) is 4.19. The molecule has 0 bridgehead atoms. The zero-order chi connectivity index (χ0) is 11.5. The van der Waals surface area contributed by atoms with E-state index in [-0.39, 0.29) is 6.04 Å². The van der Waals surface area contributed by atoms with Crippen LogP contribution in [0, 0.1) is 0 Å². The van der Waals surface area contributed by atoms with Crippen molar-refractivity contribution in [2.45, 2.75) is 25.3 Å². The summed E-state index contributed by atoms with van der Waals surface area (Å²) in [5, 5.41) is 7.40. The highest BCUT2D eigenvalue weighted by molar-refractivity contribution is 5.52. The molecule has 2 aromatic heterocycles. The van der Waals surface area contributed by atoms with Gasteiger partial charge in [0.15, 0.2) is 0 Å². The Morgan fingerprint density at radius 1 is 1.24 bits per heavy atom. The van der Waals surface area contributed by atoms with Crippen LogP contribution in [0.2, 0.25) is 0 Å². The van der Waals surface area contributed by atoms with E-state index in [2.05, 4.69) is 20.4 Å². The number of aromatic nitrogens is 3. The summed E-state index contributed by atoms with van der Waals surface area (Å²) in [6, 6.07) is 3.97. The van der Waals surface area contributed by atoms with E-state index in [1.807, 2.05) is 12.1 Å². The third kappa shape index (κ3) is 2.19. The molecule has 1 atom stereocenters. The number of nitrogens with one attached hydrogen (secondary N) is 1. The molecule has 17 heavy (non-hydrogen) atoms. The van der Waals surface area contributed by atoms with Crippen LogP contribution >= 0.6 is 0 Å². The summed E-state index contributed by atoms with van der Waals surface area (Å²) in [7, 11) is 0. The van der Waals surface area contributed by atoms with Crippen molar-refractivity contribution in [2.24, 2.45) is 0 Å². The van der Waals surface area contributed by atoms with E-state index in [0.29, 0.717) is 11.7 Å². The predicted octanol–water partition coefficient (Wildman–Crippen LogP) is 1.95. The first-order chi connectivity index (χ1) is 8.43. The van der Waals surface area contributed by atoms with Gasteiger partial charge in [0.1, 0.15) is 0 Å². The van der Waals surface area contributed by atoms with Crippen molar-refractivity contribution in [1.82, 2.24) is 20.4 Å². The molecule has 0 aromatic carbocycles. The molecule has 0 radical (unpaired) electrons. The maximum absolute atomic E-state index is 5.31. The van der Waals surface area contributed by atoms with Crippen LogP contribution in [0.15, 0.2) is 29.0 Å². The highest BCUT2D eigenvalue weighted by atomic mass is 16.5. The van der Waals surface area contributed by atoms with Gasteiger partial charge in [-0.3, -0.25) is 4.98 Å². The molecule has 0 aliphatic carbocycles. The minimum atomic E-state index is 0.215. The molecular formula is C12H14N4O. The van der Waals surface area contributed by atoms with E-state index >= 15 is 0 Å². The molecule has 1 N–H and O–H groups in total. The van der Waals surface area contributed by atoms with Crippen molar-refractivity contribution < 1.29 is 4.52 Å². The Labute approximate surface area is 99.3 Å². The molecule has 3 heterocycles. The highest BCUT2D eigenvalue weighted by Crippen LogP contribution is 2.23. The second-order valence-corrected chi connectivity index (χ2v) is 4.19. The van der Waals surface area contributed by atoms with Crippen LogP contribution < -0.4 is 5.32 Å². The van der Waals surface area contributed by atoms with Crippen LogP contribution in [0.1, 0.15) is 31.2 Å². The van der Waals surface area contributed by atoms with Crippen LogP contribution in [-0.2, 0) is 0 Å². The van der Waals surface area contributed by atoms with Gasteiger partial charge in [0.05, 0.1) is 6.04 Å². The zero-order valence-corrected chi connectivity index (χ0v) is 9.47. The largest absolute Gasteiger partial charge is 0.337 e. The first kappa shape index (κ1) is 10.4. The Bertz CT molecular complexity index is 476. The normalized spacial score (nSPS) is 20.4. The molecule has 0 amide bonds. The lowest BCUT2D eigenvalue weighted by Gasteiger charge is -2.19. The lowest BCUT2D eigenvalue weighted by molar-refractivity contribution is 0.297. The van der Waals surface area contributed by atoms with Crippen molar-refractivity contribution >= 4 is 0 Å². The molecule has 0 saturated carbocycles. The van der Waals surface area contributed by atoms with Crippen molar-refractivity contribution in [3.05, 3.63) is 30.4 Å². The van der Waals surface area contributed by atoms with Crippen molar-refractivity contribution in [2.75, 3.05) is 6.54 Å². The summed E-state index contributed by atoms with van der Waals surface area (Å²) in [5.74, 6) is 1.33. The molecular weight excluding hydrogens is 216 g/mol. The lowest BCUT2D eigenvalue weighted by Crippen LogP contribution is -2.26. The summed E-state index contributed by atoms with van der Waals surface area (Å²) in [5.41, 5.74) is 0.936. The third-order valence-corrected chi connectivity index (χ3v) is 2.99. The van der Waals surface area contributed by atoms with Gasteiger partial charge < -0.3 is 9.84 Å². The molecule has 1 aliphatic heterocycles. The van der Waals surface area contributed by atoms with E-state index in [1.165, 1.54) is 12.8 Å². The fourth-order valence-electron chi connectivity index (χ4n) is 2.06. The number of pyridine rings is 1. The van der Waals surface area contributed by atoms with Gasteiger partial charge in [0.2, 0.25) is 11.7 Å². The summed E-state index contributed by atoms with van der Waals surface area (Å²) in [6.07, 6.45) is 6.96. The molecule has 0 unspecified atom stereocenters. The topological polar surface area (TPSA) is 63.8 Å². The number of rotatable bonds is 2. The lowest BCUT2D eigenvalue weighted by atomic mass is 10.1. The third-order valence-electron chi connectivity index (χ3n) is 2.99. The van der Waals surface area contributed by atoms with Crippen molar-refractivity contribution in [1.29, 1.82) is 0 Å². The van der Waals surface area contributed by atoms with Crippen LogP contribution in [0.25, 0.3) is 11.4 Å². The predicted molar refractivity (Wildman–Crippen MR) is 62.1 cm³/mol. The van der Waals surface area contributed by atoms with Gasteiger partial charge in [0.25, 0.3) is 0 Å². The summed E-state index contributed by atoms with van der Waals surface area (Å²) >= 11 is 0. The van der Waals surface area contributed by atoms with Gasteiger partial charge in [-0.15, -0.1) is 0 Å². The number of hydrogen-bond donors (Lipinski definition) is 1. The van der Waals surface area contributed by atoms with E-state index < -0.39 is 0 Å². The Kier molecular flexibility index (Phi) is 2.83. The quantitative estimate of drug-likeness (QED) is 0.854. The number of hydrogen-bond acceptors (Lipinski definition) is 5. The van der Waals surface area contributed by atoms with Gasteiger partial charge in [-0.2, -0.15) is 4.98 Å². The molecule has 2 aromatic rings. The van der Waals surface area contributed by atoms with E-state index in [1.54, 1.807) is 12.4 Å². The maximum Gasteiger partial charge on any atom is 0.244 e. The minimum Gasteiger partial charge on any atom is -0.337 e. The average Bonchev–Trinajstić information content (AvgIpc) is 2.90. The van der Waals surface area contributed by atoms with E-state index in [4.69, 9.17) is 4.52 Å². The summed E-state index contributed by atoms with van der Waals surface area (Å²) in [6.45, 7) is 1.03. The number of nitrogens with zero attached hydrogens (tertiary/aromatic N) is 3. The van der Waals surface area contributed by atoms with E-state index in [0.717, 1.165) is 18.5 Å². The van der Waals surface area contributed by atoms with Gasteiger partial charge in [-0.1, -0.05) is 11.6 Å². The number of piperidine rings is 1. The fourth-order valence-corrected chi connectivity index (χ4v) is 2.06. The molecule has 1 fully saturated rings. The van der Waals surface area contributed by atoms with Crippen LogP contribution in [0.3, 0.4) is 0 Å². The van der Waals surface area contributed by atoms with Crippen LogP contribution in [0.5, 0.6) is 0 Å². The smallest absolute Gasteiger partial charge is 0.244 e. The standard InChI is InChI=1S/C12H14N4O/c1-2-6-14-10(3-1)12-15-11(16-17-12)9-4-7-13-8-5-9/h4-5,7-8,10,14H,1-3,6H2/t10-/m0/s1. The van der Waals surface area contributed by atoms with Crippen LogP contribution in [-0.4, -0.2) is 21.7 Å². The maximum atomic E-state index is 5.31. The first-order valence-electron chi connectivity index (χ1n) is 5.91. The molecule has 5 nitrogen and oxygen atoms in total. The average molecular weight is 230 g/mol. The van der Waals surface area contributed by atoms with Gasteiger partial charge in [-0.05, 0) is 31.5 Å². The highest BCUT2D eigenvalue weighted by Gasteiger charge is 2.21. The Balaban J connectivity index is 1.83. The molecule has 88 valence electrons. The summed E-state index contributed by atoms with van der Waals surface area (Å²) in [4.78, 5) is 8.41. The first-order valence-corrected chi connectivity index (χ1v) is 5.91. The van der Waals surface area contributed by atoms with Crippen molar-refractivity contribution in [3.8, 4) is 11.4 Å². The second kappa shape index (κ2) is 4.63. The zero-order valence-electron chi connectivity index (χ0n) is 9.47. The molecule has 1 saturated heterocycles. The Hall–Kier alpha value is -1.75. The van der Waals surface area contributed by atoms with Gasteiger partial charge in [0, 0.05) is 18.0 Å². The van der Waals surface area contributed by atoms with Gasteiger partial charge >= 0.3 is 0 Å². The fraction of sp³-hybridized carbons (Fsp3) is 0.417. The summed E-state index contributed by atoms with van der Waals surface area (Å²) < 4.78 is 5.31. The Morgan fingerprint density at radius 3 is 2.88 bits per heavy atom. The monoisotopic (exact) mass is 230 g/mol. The molecule has 1 aliphatic rings. The Morgan fingerprint density at radius 2 is 2.12 bits per heavy atom.